The second kappa shape index (κ2) is 5.58. The van der Waals surface area contributed by atoms with E-state index in [9.17, 15) is 14.4 Å². The third kappa shape index (κ3) is 2.53. The molecule has 3 rings (SSSR count). The molecule has 23 heavy (non-hydrogen) atoms. The van der Waals surface area contributed by atoms with Crippen molar-refractivity contribution in [2.45, 2.75) is 20.3 Å². The standard InChI is InChI=1S/C16H14N2O4S/c1-8-4-5-10-11(6-8)15(21)18(14(10)20)16-17-12(9(2)23-16)7-13(19)22-3/h4-6H,7H2,1-3H3. The minimum absolute atomic E-state index is 0.0150. The molecule has 6 nitrogen and oxygen atoms in total. The van der Waals surface area contributed by atoms with Crippen molar-refractivity contribution in [1.82, 2.24) is 4.98 Å². The summed E-state index contributed by atoms with van der Waals surface area (Å²) in [6.07, 6.45) is 0.0150. The lowest BCUT2D eigenvalue weighted by atomic mass is 10.1. The molecule has 0 unspecified atom stereocenters. The first-order chi connectivity index (χ1) is 10.9. The molecule has 0 radical (unpaired) electrons. The molecule has 0 atom stereocenters. The van der Waals surface area contributed by atoms with Gasteiger partial charge in [-0.25, -0.2) is 9.88 Å². The van der Waals surface area contributed by atoms with Gasteiger partial charge in [-0.3, -0.25) is 14.4 Å². The number of ether oxygens (including phenoxy) is 1. The number of imide groups is 1. The molecule has 0 aliphatic carbocycles. The number of thiazole rings is 1. The van der Waals surface area contributed by atoms with Crippen LogP contribution in [0.1, 0.15) is 36.9 Å². The molecule has 0 saturated carbocycles. The first-order valence-corrected chi connectivity index (χ1v) is 7.76. The molecule has 0 spiro atoms. The zero-order valence-corrected chi connectivity index (χ0v) is 13.7. The summed E-state index contributed by atoms with van der Waals surface area (Å²) >= 11 is 1.21. The zero-order valence-electron chi connectivity index (χ0n) is 12.9. The van der Waals surface area contributed by atoms with Crippen molar-refractivity contribution >= 4 is 34.3 Å². The minimum atomic E-state index is -0.414. The molecule has 7 heteroatoms. The summed E-state index contributed by atoms with van der Waals surface area (Å²) in [6.45, 7) is 3.66. The highest BCUT2D eigenvalue weighted by molar-refractivity contribution is 7.16. The molecule has 0 N–H and O–H groups in total. The van der Waals surface area contributed by atoms with Gasteiger partial charge < -0.3 is 4.74 Å². The number of aromatic nitrogens is 1. The minimum Gasteiger partial charge on any atom is -0.469 e. The van der Waals surface area contributed by atoms with E-state index < -0.39 is 5.97 Å². The summed E-state index contributed by atoms with van der Waals surface area (Å²) in [6, 6.07) is 5.15. The third-order valence-electron chi connectivity index (χ3n) is 3.65. The highest BCUT2D eigenvalue weighted by Crippen LogP contribution is 2.33. The van der Waals surface area contributed by atoms with E-state index >= 15 is 0 Å². The highest BCUT2D eigenvalue weighted by atomic mass is 32.1. The van der Waals surface area contributed by atoms with Gasteiger partial charge in [0.2, 0.25) is 0 Å². The van der Waals surface area contributed by atoms with E-state index in [1.54, 1.807) is 25.1 Å². The van der Waals surface area contributed by atoms with Crippen molar-refractivity contribution in [3.8, 4) is 0 Å². The second-order valence-corrected chi connectivity index (χ2v) is 6.43. The maximum Gasteiger partial charge on any atom is 0.311 e. The van der Waals surface area contributed by atoms with E-state index in [1.165, 1.54) is 18.4 Å². The third-order valence-corrected chi connectivity index (χ3v) is 4.65. The van der Waals surface area contributed by atoms with Crippen molar-refractivity contribution < 1.29 is 19.1 Å². The molecule has 118 valence electrons. The topological polar surface area (TPSA) is 76.6 Å². The molecule has 0 fully saturated rings. The van der Waals surface area contributed by atoms with Gasteiger partial charge in [0, 0.05) is 4.88 Å². The molecule has 0 bridgehead atoms. The van der Waals surface area contributed by atoms with Crippen molar-refractivity contribution in [2.24, 2.45) is 0 Å². The number of aryl methyl sites for hydroxylation is 2. The Kier molecular flexibility index (Phi) is 3.73. The summed E-state index contributed by atoms with van der Waals surface area (Å²) < 4.78 is 4.63. The summed E-state index contributed by atoms with van der Waals surface area (Å²) in [5.74, 6) is -1.18. The van der Waals surface area contributed by atoms with E-state index in [0.717, 1.165) is 15.3 Å². The Morgan fingerprint density at radius 1 is 1.22 bits per heavy atom. The van der Waals surface area contributed by atoms with Gasteiger partial charge in [-0.05, 0) is 26.0 Å². The van der Waals surface area contributed by atoms with Crippen LogP contribution in [-0.2, 0) is 16.0 Å². The Labute approximate surface area is 136 Å². The molecule has 1 aromatic carbocycles. The number of amides is 2. The lowest BCUT2D eigenvalue weighted by Crippen LogP contribution is -2.29. The van der Waals surface area contributed by atoms with E-state index in [4.69, 9.17) is 0 Å². The Balaban J connectivity index is 1.98. The average Bonchev–Trinajstić information content (AvgIpc) is 2.98. The molecular formula is C16H14N2O4S. The number of rotatable bonds is 3. The number of methoxy groups -OCH3 is 1. The van der Waals surface area contributed by atoms with Gasteiger partial charge in [0.1, 0.15) is 0 Å². The van der Waals surface area contributed by atoms with Crippen LogP contribution in [0.3, 0.4) is 0 Å². The number of esters is 1. The van der Waals surface area contributed by atoms with Gasteiger partial charge in [-0.15, -0.1) is 11.3 Å². The molecule has 2 aromatic rings. The first-order valence-electron chi connectivity index (χ1n) is 6.95. The Hall–Kier alpha value is -2.54. The zero-order chi connectivity index (χ0) is 16.7. The largest absolute Gasteiger partial charge is 0.469 e. The molecule has 0 saturated heterocycles. The SMILES string of the molecule is COC(=O)Cc1nc(N2C(=O)c3ccc(C)cc3C2=O)sc1C. The maximum atomic E-state index is 12.5. The normalized spacial score (nSPS) is 13.4. The van der Waals surface area contributed by atoms with Crippen LogP contribution in [0.15, 0.2) is 18.2 Å². The van der Waals surface area contributed by atoms with Gasteiger partial charge in [0.05, 0.1) is 30.4 Å². The Bertz CT molecular complexity index is 841. The van der Waals surface area contributed by atoms with Crippen LogP contribution in [-0.4, -0.2) is 29.9 Å². The van der Waals surface area contributed by atoms with E-state index in [1.807, 2.05) is 6.92 Å². The molecule has 1 aliphatic heterocycles. The van der Waals surface area contributed by atoms with Crippen LogP contribution in [0.4, 0.5) is 5.13 Å². The van der Waals surface area contributed by atoms with Crippen LogP contribution >= 0.6 is 11.3 Å². The monoisotopic (exact) mass is 330 g/mol. The fraction of sp³-hybridized carbons (Fsp3) is 0.250. The summed E-state index contributed by atoms with van der Waals surface area (Å²) in [5, 5.41) is 0.283. The molecule has 2 heterocycles. The summed E-state index contributed by atoms with van der Waals surface area (Å²) in [5.41, 5.74) is 2.19. The number of hydrogen-bond acceptors (Lipinski definition) is 6. The Morgan fingerprint density at radius 3 is 2.61 bits per heavy atom. The smallest absolute Gasteiger partial charge is 0.311 e. The number of fused-ring (bicyclic) bond motifs is 1. The quantitative estimate of drug-likeness (QED) is 0.637. The Morgan fingerprint density at radius 2 is 1.91 bits per heavy atom. The summed E-state index contributed by atoms with van der Waals surface area (Å²) in [4.78, 5) is 42.6. The summed E-state index contributed by atoms with van der Waals surface area (Å²) in [7, 11) is 1.30. The van der Waals surface area contributed by atoms with Crippen LogP contribution in [0.25, 0.3) is 0 Å². The van der Waals surface area contributed by atoms with Crippen molar-refractivity contribution in [3.05, 3.63) is 45.5 Å². The predicted molar refractivity (Wildman–Crippen MR) is 84.9 cm³/mol. The number of benzene rings is 1. The van der Waals surface area contributed by atoms with Gasteiger partial charge >= 0.3 is 5.97 Å². The molecular weight excluding hydrogens is 316 g/mol. The van der Waals surface area contributed by atoms with E-state index in [0.29, 0.717) is 16.8 Å². The van der Waals surface area contributed by atoms with Crippen molar-refractivity contribution in [2.75, 3.05) is 12.0 Å². The number of hydrogen-bond donors (Lipinski definition) is 0. The number of anilines is 1. The van der Waals surface area contributed by atoms with Gasteiger partial charge in [-0.2, -0.15) is 0 Å². The maximum absolute atomic E-state index is 12.5. The molecule has 1 aliphatic rings. The van der Waals surface area contributed by atoms with Gasteiger partial charge in [0.25, 0.3) is 11.8 Å². The first kappa shape index (κ1) is 15.4. The molecule has 2 amide bonds. The van der Waals surface area contributed by atoms with Gasteiger partial charge in [-0.1, -0.05) is 11.6 Å². The van der Waals surface area contributed by atoms with Crippen LogP contribution in [0, 0.1) is 13.8 Å². The van der Waals surface area contributed by atoms with E-state index in [2.05, 4.69) is 9.72 Å². The molecule has 1 aromatic heterocycles. The number of carbonyl (C=O) groups is 3. The van der Waals surface area contributed by atoms with Crippen molar-refractivity contribution in [3.63, 3.8) is 0 Å². The van der Waals surface area contributed by atoms with Gasteiger partial charge in [0.15, 0.2) is 5.13 Å². The predicted octanol–water partition coefficient (Wildman–Crippen LogP) is 2.28. The van der Waals surface area contributed by atoms with E-state index in [-0.39, 0.29) is 23.4 Å². The van der Waals surface area contributed by atoms with Crippen LogP contribution in [0.5, 0.6) is 0 Å². The number of nitrogens with zero attached hydrogens (tertiary/aromatic N) is 2. The second-order valence-electron chi connectivity index (χ2n) is 5.25. The average molecular weight is 330 g/mol. The van der Waals surface area contributed by atoms with Crippen LogP contribution in [0.2, 0.25) is 0 Å². The van der Waals surface area contributed by atoms with Crippen LogP contribution < -0.4 is 4.90 Å². The number of carbonyl (C=O) groups excluding carboxylic acids is 3. The lowest BCUT2D eigenvalue weighted by Gasteiger charge is -2.08. The fourth-order valence-electron chi connectivity index (χ4n) is 2.41. The van der Waals surface area contributed by atoms with Crippen molar-refractivity contribution in [1.29, 1.82) is 0 Å². The lowest BCUT2D eigenvalue weighted by molar-refractivity contribution is -0.139. The highest BCUT2D eigenvalue weighted by Gasteiger charge is 2.38. The fourth-order valence-corrected chi connectivity index (χ4v) is 3.33.